The molecule has 2 aliphatic heterocycles. The van der Waals surface area contributed by atoms with Crippen LogP contribution in [0.4, 0.5) is 5.69 Å². The van der Waals surface area contributed by atoms with Crippen molar-refractivity contribution in [2.45, 2.75) is 56.9 Å². The molecule has 3 amide bonds. The fourth-order valence-corrected chi connectivity index (χ4v) is 4.92. The fourth-order valence-electron chi connectivity index (χ4n) is 4.92. The predicted molar refractivity (Wildman–Crippen MR) is 137 cm³/mol. The van der Waals surface area contributed by atoms with E-state index in [0.717, 1.165) is 24.2 Å². The van der Waals surface area contributed by atoms with Crippen molar-refractivity contribution in [3.05, 3.63) is 53.6 Å². The number of carbonyl (C=O) groups is 3. The lowest BCUT2D eigenvalue weighted by Gasteiger charge is -2.42. The van der Waals surface area contributed by atoms with Crippen molar-refractivity contribution in [1.82, 2.24) is 10.2 Å². The summed E-state index contributed by atoms with van der Waals surface area (Å²) in [4.78, 5) is 39.8. The topological polar surface area (TPSA) is 106 Å². The van der Waals surface area contributed by atoms with Crippen LogP contribution in [0.3, 0.4) is 0 Å². The van der Waals surface area contributed by atoms with Gasteiger partial charge in [0.15, 0.2) is 0 Å². The van der Waals surface area contributed by atoms with Crippen molar-refractivity contribution in [3.63, 3.8) is 0 Å². The Kier molecular flexibility index (Phi) is 7.32. The number of amides is 3. The second-order valence-electron chi connectivity index (χ2n) is 9.97. The van der Waals surface area contributed by atoms with Crippen LogP contribution in [0.1, 0.15) is 48.0 Å². The molecule has 3 atom stereocenters. The number of benzene rings is 2. The molecule has 0 radical (unpaired) electrons. The summed E-state index contributed by atoms with van der Waals surface area (Å²) < 4.78 is 17.5. The highest BCUT2D eigenvalue weighted by Crippen LogP contribution is 2.34. The van der Waals surface area contributed by atoms with Crippen LogP contribution in [0.15, 0.2) is 42.5 Å². The van der Waals surface area contributed by atoms with Crippen molar-refractivity contribution in [2.24, 2.45) is 5.92 Å². The molecule has 9 nitrogen and oxygen atoms in total. The molecule has 0 unspecified atom stereocenters. The molecule has 1 aliphatic carbocycles. The number of methoxy groups -OCH3 is 1. The van der Waals surface area contributed by atoms with Gasteiger partial charge in [0.2, 0.25) is 11.8 Å². The Morgan fingerprint density at radius 1 is 1.08 bits per heavy atom. The van der Waals surface area contributed by atoms with Crippen molar-refractivity contribution in [2.75, 3.05) is 26.1 Å². The molecule has 1 saturated carbocycles. The number of carbonyl (C=O) groups excluding carboxylic acids is 3. The van der Waals surface area contributed by atoms with Crippen LogP contribution < -0.4 is 20.1 Å². The third kappa shape index (κ3) is 5.88. The van der Waals surface area contributed by atoms with Crippen LogP contribution in [0.25, 0.3) is 0 Å². The van der Waals surface area contributed by atoms with Gasteiger partial charge in [-0.15, -0.1) is 0 Å². The maximum absolute atomic E-state index is 13.4. The van der Waals surface area contributed by atoms with E-state index in [0.29, 0.717) is 36.4 Å². The van der Waals surface area contributed by atoms with Gasteiger partial charge >= 0.3 is 0 Å². The number of nitrogens with zero attached hydrogens (tertiary/aromatic N) is 1. The molecule has 9 heteroatoms. The van der Waals surface area contributed by atoms with E-state index in [-0.39, 0.29) is 54.9 Å². The standard InChI is InChI=1S/C28H33N3O6/c1-31-23-11-10-21(14-26(32)29-15-17-3-8-20(35-2)9-4-17)37-25(23)16-36-24-12-7-19(13-22(24)28(31)34)30-27(33)18-5-6-18/h3-4,7-9,12-13,18,21,23,25H,5-6,10-11,14-16H2,1-2H3,(H,29,32)(H,30,33)/t21-,23-,25-/m0/s1. The molecule has 2 heterocycles. The lowest BCUT2D eigenvalue weighted by atomic mass is 9.94. The second kappa shape index (κ2) is 10.8. The van der Waals surface area contributed by atoms with Gasteiger partial charge in [-0.05, 0) is 61.6 Å². The van der Waals surface area contributed by atoms with Gasteiger partial charge in [0, 0.05) is 25.2 Å². The van der Waals surface area contributed by atoms with Crippen LogP contribution in [0.5, 0.6) is 11.5 Å². The summed E-state index contributed by atoms with van der Waals surface area (Å²) in [7, 11) is 3.39. The highest BCUT2D eigenvalue weighted by molar-refractivity contribution is 6.00. The maximum atomic E-state index is 13.4. The molecular weight excluding hydrogens is 474 g/mol. The van der Waals surface area contributed by atoms with E-state index >= 15 is 0 Å². The number of anilines is 1. The quantitative estimate of drug-likeness (QED) is 0.597. The molecule has 2 fully saturated rings. The minimum atomic E-state index is -0.343. The minimum absolute atomic E-state index is 0.00709. The lowest BCUT2D eigenvalue weighted by molar-refractivity contribution is -0.134. The molecular formula is C28H33N3O6. The number of ether oxygens (including phenoxy) is 3. The molecule has 5 rings (SSSR count). The summed E-state index contributed by atoms with van der Waals surface area (Å²) in [5, 5.41) is 5.85. The Hall–Kier alpha value is -3.59. The molecule has 2 N–H and O–H groups in total. The Morgan fingerprint density at radius 3 is 2.59 bits per heavy atom. The highest BCUT2D eigenvalue weighted by atomic mass is 16.5. The van der Waals surface area contributed by atoms with E-state index in [4.69, 9.17) is 14.2 Å². The Morgan fingerprint density at radius 2 is 1.86 bits per heavy atom. The van der Waals surface area contributed by atoms with E-state index in [9.17, 15) is 14.4 Å². The largest absolute Gasteiger partial charge is 0.497 e. The van der Waals surface area contributed by atoms with Crippen molar-refractivity contribution in [1.29, 1.82) is 0 Å². The number of hydrogen-bond donors (Lipinski definition) is 2. The zero-order valence-corrected chi connectivity index (χ0v) is 21.2. The predicted octanol–water partition coefficient (Wildman–Crippen LogP) is 3.13. The first-order valence-corrected chi connectivity index (χ1v) is 12.8. The van der Waals surface area contributed by atoms with Gasteiger partial charge in [-0.1, -0.05) is 12.1 Å². The molecule has 3 aliphatic rings. The van der Waals surface area contributed by atoms with E-state index in [2.05, 4.69) is 10.6 Å². The van der Waals surface area contributed by atoms with Crippen LogP contribution in [-0.4, -0.2) is 61.6 Å². The van der Waals surface area contributed by atoms with Gasteiger partial charge in [0.1, 0.15) is 24.2 Å². The van der Waals surface area contributed by atoms with E-state index in [1.54, 1.807) is 37.3 Å². The normalized spacial score (nSPS) is 23.0. The molecule has 2 aromatic rings. The van der Waals surface area contributed by atoms with Crippen LogP contribution >= 0.6 is 0 Å². The molecule has 1 saturated heterocycles. The average molecular weight is 508 g/mol. The van der Waals surface area contributed by atoms with Gasteiger partial charge in [-0.2, -0.15) is 0 Å². The summed E-state index contributed by atoms with van der Waals surface area (Å²) in [6.07, 6.45) is 2.86. The minimum Gasteiger partial charge on any atom is -0.497 e. The lowest BCUT2D eigenvalue weighted by Crippen LogP contribution is -2.53. The smallest absolute Gasteiger partial charge is 0.257 e. The van der Waals surface area contributed by atoms with Gasteiger partial charge in [-0.25, -0.2) is 0 Å². The third-order valence-corrected chi connectivity index (χ3v) is 7.29. The molecule has 37 heavy (non-hydrogen) atoms. The first kappa shape index (κ1) is 25.1. The third-order valence-electron chi connectivity index (χ3n) is 7.29. The van der Waals surface area contributed by atoms with Gasteiger partial charge < -0.3 is 29.7 Å². The summed E-state index contributed by atoms with van der Waals surface area (Å²) in [6.45, 7) is 0.703. The average Bonchev–Trinajstić information content (AvgIpc) is 3.76. The van der Waals surface area contributed by atoms with Gasteiger partial charge in [-0.3, -0.25) is 14.4 Å². The zero-order chi connectivity index (χ0) is 25.9. The summed E-state index contributed by atoms with van der Waals surface area (Å²) in [5.41, 5.74) is 2.01. The Labute approximate surface area is 216 Å². The van der Waals surface area contributed by atoms with Gasteiger partial charge in [0.05, 0.1) is 31.2 Å². The van der Waals surface area contributed by atoms with E-state index < -0.39 is 0 Å². The monoisotopic (exact) mass is 507 g/mol. The van der Waals surface area contributed by atoms with E-state index in [1.807, 2.05) is 24.3 Å². The van der Waals surface area contributed by atoms with Crippen LogP contribution in [0, 0.1) is 5.92 Å². The number of rotatable bonds is 7. The molecule has 0 aromatic heterocycles. The summed E-state index contributed by atoms with van der Waals surface area (Å²) in [5.74, 6) is 1.05. The number of hydrogen-bond acceptors (Lipinski definition) is 6. The Bertz CT molecular complexity index is 1160. The summed E-state index contributed by atoms with van der Waals surface area (Å²) in [6, 6.07) is 12.6. The number of likely N-dealkylation sites (N-methyl/N-ethyl adjacent to an activating group) is 1. The molecule has 0 bridgehead atoms. The fraction of sp³-hybridized carbons (Fsp3) is 0.464. The van der Waals surface area contributed by atoms with Crippen LogP contribution in [0.2, 0.25) is 0 Å². The van der Waals surface area contributed by atoms with Crippen molar-refractivity contribution >= 4 is 23.4 Å². The molecule has 196 valence electrons. The first-order chi connectivity index (χ1) is 17.9. The highest BCUT2D eigenvalue weighted by Gasteiger charge is 2.39. The van der Waals surface area contributed by atoms with Crippen molar-refractivity contribution < 1.29 is 28.6 Å². The van der Waals surface area contributed by atoms with E-state index in [1.165, 1.54) is 0 Å². The van der Waals surface area contributed by atoms with Crippen LogP contribution in [-0.2, 0) is 20.9 Å². The maximum Gasteiger partial charge on any atom is 0.257 e. The SMILES string of the molecule is COc1ccc(CNC(=O)C[C@@H]2CC[C@H]3[C@H](COc4ccc(NC(=O)C5CC5)cc4C(=O)N3C)O2)cc1. The first-order valence-electron chi connectivity index (χ1n) is 12.8. The molecule has 0 spiro atoms. The Balaban J connectivity index is 1.18. The molecule has 2 aromatic carbocycles. The zero-order valence-electron chi connectivity index (χ0n) is 21.2. The number of nitrogens with one attached hydrogen (secondary N) is 2. The van der Waals surface area contributed by atoms with Crippen molar-refractivity contribution in [3.8, 4) is 11.5 Å². The second-order valence-corrected chi connectivity index (χ2v) is 9.97. The van der Waals surface area contributed by atoms with Gasteiger partial charge in [0.25, 0.3) is 5.91 Å². The number of fused-ring (bicyclic) bond motifs is 2. The summed E-state index contributed by atoms with van der Waals surface area (Å²) >= 11 is 0.